The number of hydrogen-bond donors (Lipinski definition) is 1. The van der Waals surface area contributed by atoms with Gasteiger partial charge in [0.1, 0.15) is 0 Å². The highest BCUT2D eigenvalue weighted by Gasteiger charge is 2.00. The average molecular weight is 179 g/mol. The van der Waals surface area contributed by atoms with Gasteiger partial charge < -0.3 is 4.84 Å². The van der Waals surface area contributed by atoms with Crippen molar-refractivity contribution >= 4 is 0 Å². The van der Waals surface area contributed by atoms with E-state index in [2.05, 4.69) is 36.9 Å². The molecule has 2 heteroatoms. The first-order valence-electron chi connectivity index (χ1n) is 4.68. The summed E-state index contributed by atoms with van der Waals surface area (Å²) in [7, 11) is 0. The first-order valence-corrected chi connectivity index (χ1v) is 4.68. The molecule has 2 N–H and O–H groups in total. The van der Waals surface area contributed by atoms with Crippen molar-refractivity contribution in [1.82, 2.24) is 0 Å². The minimum atomic E-state index is 0.594. The van der Waals surface area contributed by atoms with Gasteiger partial charge in [0.05, 0.1) is 6.61 Å². The van der Waals surface area contributed by atoms with Gasteiger partial charge in [-0.05, 0) is 30.9 Å². The van der Waals surface area contributed by atoms with Gasteiger partial charge in [0.25, 0.3) is 0 Å². The van der Waals surface area contributed by atoms with Gasteiger partial charge >= 0.3 is 0 Å². The summed E-state index contributed by atoms with van der Waals surface area (Å²) in [6.45, 7) is 4.86. The predicted octanol–water partition coefficient (Wildman–Crippen LogP) is 1.99. The lowest BCUT2D eigenvalue weighted by Gasteiger charge is -2.07. The van der Waals surface area contributed by atoms with Gasteiger partial charge in [0, 0.05) is 0 Å². The monoisotopic (exact) mass is 179 g/mol. The average Bonchev–Trinajstić information content (AvgIpc) is 2.15. The van der Waals surface area contributed by atoms with Crippen LogP contribution in [0.25, 0.3) is 0 Å². The molecule has 1 aromatic rings. The van der Waals surface area contributed by atoms with Crippen LogP contribution in [0.4, 0.5) is 0 Å². The van der Waals surface area contributed by atoms with Crippen molar-refractivity contribution in [3.8, 4) is 0 Å². The standard InChI is InChI=1S/C11H17NO/c1-3-10-5-4-9(2)8-11(10)6-7-13-12/h4-5,8H,3,6-7,12H2,1-2H3. The Morgan fingerprint density at radius 1 is 1.31 bits per heavy atom. The van der Waals surface area contributed by atoms with Crippen LogP contribution in [0.2, 0.25) is 0 Å². The first-order chi connectivity index (χ1) is 6.27. The summed E-state index contributed by atoms with van der Waals surface area (Å²) in [5.41, 5.74) is 4.04. The Kier molecular flexibility index (Phi) is 3.93. The summed E-state index contributed by atoms with van der Waals surface area (Å²) in [5, 5.41) is 0. The largest absolute Gasteiger partial charge is 0.304 e. The number of nitrogens with two attached hydrogens (primary N) is 1. The van der Waals surface area contributed by atoms with E-state index in [-0.39, 0.29) is 0 Å². The Labute approximate surface area is 79.7 Å². The van der Waals surface area contributed by atoms with E-state index in [4.69, 9.17) is 5.90 Å². The van der Waals surface area contributed by atoms with Crippen molar-refractivity contribution in [2.45, 2.75) is 26.7 Å². The number of benzene rings is 1. The van der Waals surface area contributed by atoms with Crippen LogP contribution in [-0.2, 0) is 17.7 Å². The van der Waals surface area contributed by atoms with Crippen molar-refractivity contribution in [3.63, 3.8) is 0 Å². The molecule has 1 aromatic carbocycles. The molecule has 0 unspecified atom stereocenters. The van der Waals surface area contributed by atoms with Crippen molar-refractivity contribution < 1.29 is 4.84 Å². The molecular formula is C11H17NO. The second kappa shape index (κ2) is 5.00. The maximum absolute atomic E-state index is 5.01. The minimum absolute atomic E-state index is 0.594. The third-order valence-electron chi connectivity index (χ3n) is 2.23. The smallest absolute Gasteiger partial charge is 0.0719 e. The highest BCUT2D eigenvalue weighted by Crippen LogP contribution is 2.12. The Balaban J connectivity index is 2.81. The van der Waals surface area contributed by atoms with E-state index >= 15 is 0 Å². The lowest BCUT2D eigenvalue weighted by Crippen LogP contribution is -2.05. The Morgan fingerprint density at radius 2 is 2.08 bits per heavy atom. The SMILES string of the molecule is CCc1ccc(C)cc1CCON. The fourth-order valence-electron chi connectivity index (χ4n) is 1.50. The number of hydrogen-bond acceptors (Lipinski definition) is 2. The minimum Gasteiger partial charge on any atom is -0.304 e. The zero-order valence-electron chi connectivity index (χ0n) is 8.34. The highest BCUT2D eigenvalue weighted by molar-refractivity contribution is 5.31. The summed E-state index contributed by atoms with van der Waals surface area (Å²) < 4.78 is 0. The molecule has 0 radical (unpaired) electrons. The molecule has 0 aliphatic rings. The van der Waals surface area contributed by atoms with Crippen LogP contribution in [0, 0.1) is 6.92 Å². The van der Waals surface area contributed by atoms with Gasteiger partial charge in [-0.3, -0.25) is 0 Å². The molecule has 0 aliphatic carbocycles. The third-order valence-corrected chi connectivity index (χ3v) is 2.23. The van der Waals surface area contributed by atoms with Crippen LogP contribution >= 0.6 is 0 Å². The Bertz CT molecular complexity index is 271. The van der Waals surface area contributed by atoms with E-state index in [0.29, 0.717) is 6.61 Å². The zero-order valence-corrected chi connectivity index (χ0v) is 8.34. The fraction of sp³-hybridized carbons (Fsp3) is 0.455. The lowest BCUT2D eigenvalue weighted by atomic mass is 10.0. The van der Waals surface area contributed by atoms with E-state index < -0.39 is 0 Å². The summed E-state index contributed by atoms with van der Waals surface area (Å²) in [5.74, 6) is 5.01. The molecule has 0 fully saturated rings. The molecule has 0 amide bonds. The molecule has 1 rings (SSSR count). The van der Waals surface area contributed by atoms with Crippen LogP contribution < -0.4 is 5.90 Å². The molecule has 0 spiro atoms. The molecular weight excluding hydrogens is 162 g/mol. The quantitative estimate of drug-likeness (QED) is 0.717. The maximum Gasteiger partial charge on any atom is 0.0719 e. The van der Waals surface area contributed by atoms with Gasteiger partial charge in [-0.15, -0.1) is 0 Å². The van der Waals surface area contributed by atoms with Crippen molar-refractivity contribution in [3.05, 3.63) is 34.9 Å². The van der Waals surface area contributed by atoms with E-state index in [1.54, 1.807) is 0 Å². The molecule has 72 valence electrons. The van der Waals surface area contributed by atoms with E-state index in [0.717, 1.165) is 12.8 Å². The Morgan fingerprint density at radius 3 is 2.69 bits per heavy atom. The molecule has 0 saturated heterocycles. The molecule has 0 bridgehead atoms. The van der Waals surface area contributed by atoms with Crippen molar-refractivity contribution in [1.29, 1.82) is 0 Å². The van der Waals surface area contributed by atoms with E-state index in [1.807, 2.05) is 0 Å². The topological polar surface area (TPSA) is 35.2 Å². The molecule has 2 nitrogen and oxygen atoms in total. The van der Waals surface area contributed by atoms with E-state index in [1.165, 1.54) is 16.7 Å². The normalized spacial score (nSPS) is 10.4. The highest BCUT2D eigenvalue weighted by atomic mass is 16.6. The van der Waals surface area contributed by atoms with Crippen LogP contribution in [0.15, 0.2) is 18.2 Å². The van der Waals surface area contributed by atoms with Crippen LogP contribution in [0.1, 0.15) is 23.6 Å². The van der Waals surface area contributed by atoms with Crippen LogP contribution in [0.3, 0.4) is 0 Å². The maximum atomic E-state index is 5.01. The van der Waals surface area contributed by atoms with Crippen LogP contribution in [-0.4, -0.2) is 6.61 Å². The zero-order chi connectivity index (χ0) is 9.68. The van der Waals surface area contributed by atoms with E-state index in [9.17, 15) is 0 Å². The number of rotatable bonds is 4. The van der Waals surface area contributed by atoms with Gasteiger partial charge in [-0.2, -0.15) is 0 Å². The molecule has 0 aromatic heterocycles. The molecule has 13 heavy (non-hydrogen) atoms. The van der Waals surface area contributed by atoms with Gasteiger partial charge in [0.2, 0.25) is 0 Å². The van der Waals surface area contributed by atoms with Crippen molar-refractivity contribution in [2.75, 3.05) is 6.61 Å². The van der Waals surface area contributed by atoms with Gasteiger partial charge in [-0.25, -0.2) is 5.90 Å². The van der Waals surface area contributed by atoms with Crippen LogP contribution in [0.5, 0.6) is 0 Å². The van der Waals surface area contributed by atoms with Crippen molar-refractivity contribution in [2.24, 2.45) is 5.90 Å². The second-order valence-corrected chi connectivity index (χ2v) is 3.25. The summed E-state index contributed by atoms with van der Waals surface area (Å²) >= 11 is 0. The second-order valence-electron chi connectivity index (χ2n) is 3.25. The fourth-order valence-corrected chi connectivity index (χ4v) is 1.50. The summed E-state index contributed by atoms with van der Waals surface area (Å²) in [6.07, 6.45) is 1.97. The van der Waals surface area contributed by atoms with Gasteiger partial charge in [0.15, 0.2) is 0 Å². The first kappa shape index (κ1) is 10.2. The Hall–Kier alpha value is -0.860. The molecule has 0 saturated carbocycles. The molecule has 0 atom stereocenters. The lowest BCUT2D eigenvalue weighted by molar-refractivity contribution is 0.141. The summed E-state index contributed by atoms with van der Waals surface area (Å²) in [6, 6.07) is 6.53. The predicted molar refractivity (Wildman–Crippen MR) is 54.4 cm³/mol. The third kappa shape index (κ3) is 2.83. The molecule has 0 aliphatic heterocycles. The van der Waals surface area contributed by atoms with Gasteiger partial charge in [-0.1, -0.05) is 30.7 Å². The summed E-state index contributed by atoms with van der Waals surface area (Å²) in [4.78, 5) is 4.59. The molecule has 0 heterocycles. The number of aryl methyl sites for hydroxylation is 2.